The molecule has 0 bridgehead atoms. The van der Waals surface area contributed by atoms with Crippen LogP contribution in [0.25, 0.3) is 0 Å². The summed E-state index contributed by atoms with van der Waals surface area (Å²) < 4.78 is 2.14. The topological polar surface area (TPSA) is 36.4 Å². The first kappa shape index (κ1) is 17.6. The molecule has 1 fully saturated rings. The van der Waals surface area contributed by atoms with Gasteiger partial charge in [0.25, 0.3) is 0 Å². The molecule has 0 radical (unpaired) electrons. The number of nitrogens with zero attached hydrogens (tertiary/aromatic N) is 3. The van der Waals surface area contributed by atoms with E-state index in [-0.39, 0.29) is 5.91 Å². The Balaban J connectivity index is 1.50. The molecule has 1 aliphatic rings. The second-order valence-electron chi connectivity index (χ2n) is 5.90. The Morgan fingerprint density at radius 2 is 1.83 bits per heavy atom. The fourth-order valence-corrected chi connectivity index (χ4v) is 3.49. The van der Waals surface area contributed by atoms with Crippen LogP contribution in [0.3, 0.4) is 0 Å². The molecule has 4 nitrogen and oxygen atoms in total. The van der Waals surface area contributed by atoms with Gasteiger partial charge in [-0.3, -0.25) is 14.7 Å². The fourth-order valence-electron chi connectivity index (χ4n) is 2.82. The highest BCUT2D eigenvalue weighted by molar-refractivity contribution is 9.13. The van der Waals surface area contributed by atoms with Crippen LogP contribution in [0.4, 0.5) is 0 Å². The largest absolute Gasteiger partial charge is 0.340 e. The van der Waals surface area contributed by atoms with Gasteiger partial charge in [0.15, 0.2) is 0 Å². The molecule has 0 aliphatic carbocycles. The van der Waals surface area contributed by atoms with E-state index in [9.17, 15) is 4.79 Å². The van der Waals surface area contributed by atoms with Crippen molar-refractivity contribution < 1.29 is 4.79 Å². The number of hydrogen-bond donors (Lipinski definition) is 0. The van der Waals surface area contributed by atoms with Gasteiger partial charge in [0.05, 0.1) is 6.42 Å². The highest BCUT2D eigenvalue weighted by Gasteiger charge is 2.21. The molecular formula is C18H19Br2N3O. The molecule has 1 aromatic carbocycles. The summed E-state index contributed by atoms with van der Waals surface area (Å²) in [7, 11) is 0. The zero-order chi connectivity index (χ0) is 16.9. The third-order valence-corrected chi connectivity index (χ3v) is 6.05. The molecule has 126 valence electrons. The van der Waals surface area contributed by atoms with Gasteiger partial charge < -0.3 is 4.90 Å². The summed E-state index contributed by atoms with van der Waals surface area (Å²) in [6, 6.07) is 12.0. The first-order valence-corrected chi connectivity index (χ1v) is 9.54. The number of rotatable bonds is 4. The Morgan fingerprint density at radius 1 is 1.04 bits per heavy atom. The van der Waals surface area contributed by atoms with Crippen LogP contribution in [0.2, 0.25) is 0 Å². The summed E-state index contributed by atoms with van der Waals surface area (Å²) in [5.41, 5.74) is 2.11. The molecule has 0 unspecified atom stereocenters. The zero-order valence-corrected chi connectivity index (χ0v) is 16.5. The van der Waals surface area contributed by atoms with Crippen molar-refractivity contribution in [2.24, 2.45) is 0 Å². The molecule has 24 heavy (non-hydrogen) atoms. The number of pyridine rings is 1. The highest BCUT2D eigenvalue weighted by Crippen LogP contribution is 2.24. The van der Waals surface area contributed by atoms with Gasteiger partial charge in [0, 0.05) is 53.6 Å². The molecular weight excluding hydrogens is 434 g/mol. The number of hydrogen-bond acceptors (Lipinski definition) is 3. The van der Waals surface area contributed by atoms with Gasteiger partial charge in [0.2, 0.25) is 5.91 Å². The molecule has 1 amide bonds. The third kappa shape index (κ3) is 4.65. The standard InChI is InChI=1S/C18H19Br2N3O/c19-16-5-4-14(11-17(16)20)13-22-7-9-23(10-8-22)18(24)12-15-3-1-2-6-21-15/h1-6,11H,7-10,12-13H2. The number of piperazine rings is 1. The minimum Gasteiger partial charge on any atom is -0.340 e. The molecule has 6 heteroatoms. The predicted octanol–water partition coefficient (Wildman–Crippen LogP) is 3.49. The second kappa shape index (κ2) is 8.23. The number of carbonyl (C=O) groups is 1. The average Bonchev–Trinajstić information content (AvgIpc) is 2.60. The first-order valence-electron chi connectivity index (χ1n) is 7.96. The van der Waals surface area contributed by atoms with E-state index in [0.717, 1.165) is 47.4 Å². The van der Waals surface area contributed by atoms with Crippen LogP contribution >= 0.6 is 31.9 Å². The Kier molecular flexibility index (Phi) is 6.03. The number of amides is 1. The Hall–Kier alpha value is -1.24. The van der Waals surface area contributed by atoms with Gasteiger partial charge in [0.1, 0.15) is 0 Å². The average molecular weight is 453 g/mol. The highest BCUT2D eigenvalue weighted by atomic mass is 79.9. The van der Waals surface area contributed by atoms with Gasteiger partial charge in [-0.1, -0.05) is 12.1 Å². The van der Waals surface area contributed by atoms with E-state index >= 15 is 0 Å². The molecule has 0 saturated carbocycles. The number of carbonyl (C=O) groups excluding carboxylic acids is 1. The monoisotopic (exact) mass is 451 g/mol. The van der Waals surface area contributed by atoms with Crippen molar-refractivity contribution in [3.63, 3.8) is 0 Å². The first-order chi connectivity index (χ1) is 11.6. The maximum absolute atomic E-state index is 12.4. The number of halogens is 2. The Bertz CT molecular complexity index is 701. The molecule has 2 aromatic rings. The van der Waals surface area contributed by atoms with Crippen LogP contribution in [0.1, 0.15) is 11.3 Å². The smallest absolute Gasteiger partial charge is 0.228 e. The van der Waals surface area contributed by atoms with Gasteiger partial charge >= 0.3 is 0 Å². The quantitative estimate of drug-likeness (QED) is 0.712. The van der Waals surface area contributed by atoms with Crippen LogP contribution in [0.5, 0.6) is 0 Å². The van der Waals surface area contributed by atoms with Crippen molar-refractivity contribution in [3.8, 4) is 0 Å². The molecule has 1 aromatic heterocycles. The zero-order valence-electron chi connectivity index (χ0n) is 13.3. The lowest BCUT2D eigenvalue weighted by Crippen LogP contribution is -2.48. The van der Waals surface area contributed by atoms with Crippen molar-refractivity contribution in [1.82, 2.24) is 14.8 Å². The summed E-state index contributed by atoms with van der Waals surface area (Å²) in [5, 5.41) is 0. The lowest BCUT2D eigenvalue weighted by molar-refractivity contribution is -0.132. The van der Waals surface area contributed by atoms with Crippen LogP contribution < -0.4 is 0 Å². The SMILES string of the molecule is O=C(Cc1ccccn1)N1CCN(Cc2ccc(Br)c(Br)c2)CC1. The van der Waals surface area contributed by atoms with Crippen molar-refractivity contribution >= 4 is 37.8 Å². The summed E-state index contributed by atoms with van der Waals surface area (Å²) in [5.74, 6) is 0.166. The second-order valence-corrected chi connectivity index (χ2v) is 7.61. The van der Waals surface area contributed by atoms with E-state index in [0.29, 0.717) is 6.42 Å². The van der Waals surface area contributed by atoms with Gasteiger partial charge in [-0.15, -0.1) is 0 Å². The molecule has 2 heterocycles. The van der Waals surface area contributed by atoms with Crippen LogP contribution in [0, 0.1) is 0 Å². The van der Waals surface area contributed by atoms with E-state index in [1.54, 1.807) is 6.20 Å². The molecule has 0 spiro atoms. The number of benzene rings is 1. The van der Waals surface area contributed by atoms with Crippen LogP contribution in [0.15, 0.2) is 51.5 Å². The molecule has 1 saturated heterocycles. The predicted molar refractivity (Wildman–Crippen MR) is 102 cm³/mol. The van der Waals surface area contributed by atoms with Crippen molar-refractivity contribution in [2.75, 3.05) is 26.2 Å². The van der Waals surface area contributed by atoms with Crippen molar-refractivity contribution in [2.45, 2.75) is 13.0 Å². The van der Waals surface area contributed by atoms with Crippen molar-refractivity contribution in [3.05, 3.63) is 62.8 Å². The van der Waals surface area contributed by atoms with Gasteiger partial charge in [-0.25, -0.2) is 0 Å². The normalized spacial score (nSPS) is 15.5. The third-order valence-electron chi connectivity index (χ3n) is 4.17. The molecule has 3 rings (SSSR count). The lowest BCUT2D eigenvalue weighted by Gasteiger charge is -2.34. The van der Waals surface area contributed by atoms with E-state index in [1.807, 2.05) is 23.1 Å². The van der Waals surface area contributed by atoms with Crippen LogP contribution in [-0.2, 0) is 17.8 Å². The lowest BCUT2D eigenvalue weighted by atomic mass is 10.2. The Morgan fingerprint density at radius 3 is 2.50 bits per heavy atom. The summed E-state index contributed by atoms with van der Waals surface area (Å²) in [6.07, 6.45) is 2.12. The summed E-state index contributed by atoms with van der Waals surface area (Å²) in [6.45, 7) is 4.28. The fraction of sp³-hybridized carbons (Fsp3) is 0.333. The minimum absolute atomic E-state index is 0.166. The molecule has 0 N–H and O–H groups in total. The van der Waals surface area contributed by atoms with E-state index in [4.69, 9.17) is 0 Å². The van der Waals surface area contributed by atoms with E-state index in [2.05, 4.69) is 59.9 Å². The van der Waals surface area contributed by atoms with E-state index in [1.165, 1.54) is 5.56 Å². The van der Waals surface area contributed by atoms with Gasteiger partial charge in [-0.05, 0) is 61.7 Å². The summed E-state index contributed by atoms with van der Waals surface area (Å²) >= 11 is 7.04. The molecule has 0 atom stereocenters. The van der Waals surface area contributed by atoms with Crippen molar-refractivity contribution in [1.29, 1.82) is 0 Å². The maximum atomic E-state index is 12.4. The summed E-state index contributed by atoms with van der Waals surface area (Å²) in [4.78, 5) is 20.9. The molecule has 1 aliphatic heterocycles. The number of aromatic nitrogens is 1. The van der Waals surface area contributed by atoms with Crippen LogP contribution in [-0.4, -0.2) is 46.9 Å². The van der Waals surface area contributed by atoms with Gasteiger partial charge in [-0.2, -0.15) is 0 Å². The Labute approximate surface area is 159 Å². The maximum Gasteiger partial charge on any atom is 0.228 e. The van der Waals surface area contributed by atoms with E-state index < -0.39 is 0 Å². The minimum atomic E-state index is 0.166.